The van der Waals surface area contributed by atoms with E-state index in [2.05, 4.69) is 27.8 Å². The maximum absolute atomic E-state index is 9.77. The van der Waals surface area contributed by atoms with Gasteiger partial charge < -0.3 is 35.8 Å². The molecule has 1 aromatic heterocycles. The molecule has 0 amide bonds. The van der Waals surface area contributed by atoms with Gasteiger partial charge in [-0.3, -0.25) is 0 Å². The number of aliphatic hydroxyl groups is 2. The Bertz CT molecular complexity index is 1030. The SMILES string of the molecule is Clc1ccc2c(c1NCc1ccc(OC3CCCCC3)nc1)CCNCC2.O=C(O)C(O)C(O)C(=O)O. The van der Waals surface area contributed by atoms with Gasteiger partial charge >= 0.3 is 11.9 Å². The molecule has 4 rings (SSSR count). The van der Waals surface area contributed by atoms with E-state index in [0.29, 0.717) is 12.6 Å². The van der Waals surface area contributed by atoms with Crippen molar-refractivity contribution in [2.24, 2.45) is 0 Å². The third kappa shape index (κ3) is 8.57. The van der Waals surface area contributed by atoms with Gasteiger partial charge in [-0.2, -0.15) is 0 Å². The second-order valence-corrected chi connectivity index (χ2v) is 9.52. The van der Waals surface area contributed by atoms with Crippen LogP contribution in [0, 0.1) is 0 Å². The van der Waals surface area contributed by atoms with Crippen molar-refractivity contribution < 1.29 is 34.8 Å². The van der Waals surface area contributed by atoms with Gasteiger partial charge in [0.05, 0.1) is 10.7 Å². The molecule has 6 N–H and O–H groups in total. The zero-order valence-electron chi connectivity index (χ0n) is 20.5. The van der Waals surface area contributed by atoms with Crippen LogP contribution in [0.25, 0.3) is 0 Å². The Morgan fingerprint density at radius 1 is 1.03 bits per heavy atom. The van der Waals surface area contributed by atoms with Crippen LogP contribution in [0.4, 0.5) is 5.69 Å². The summed E-state index contributed by atoms with van der Waals surface area (Å²) in [7, 11) is 0. The molecule has 1 saturated carbocycles. The number of rotatable bonds is 8. The molecule has 1 aromatic carbocycles. The number of anilines is 1. The Hall–Kier alpha value is -2.92. The molecule has 0 saturated heterocycles. The summed E-state index contributed by atoms with van der Waals surface area (Å²) in [5.41, 5.74) is 4.94. The summed E-state index contributed by atoms with van der Waals surface area (Å²) in [4.78, 5) is 24.0. The van der Waals surface area contributed by atoms with Crippen LogP contribution in [0.3, 0.4) is 0 Å². The van der Waals surface area contributed by atoms with Gasteiger partial charge in [-0.05, 0) is 74.4 Å². The minimum Gasteiger partial charge on any atom is -0.479 e. The lowest BCUT2D eigenvalue weighted by atomic mass is 9.98. The smallest absolute Gasteiger partial charge is 0.335 e. The van der Waals surface area contributed by atoms with Crippen molar-refractivity contribution in [3.63, 3.8) is 0 Å². The van der Waals surface area contributed by atoms with Crippen LogP contribution in [0.2, 0.25) is 5.02 Å². The van der Waals surface area contributed by atoms with Gasteiger partial charge in [0.1, 0.15) is 6.10 Å². The summed E-state index contributed by atoms with van der Waals surface area (Å²) >= 11 is 6.50. The van der Waals surface area contributed by atoms with Crippen LogP contribution in [-0.2, 0) is 29.0 Å². The number of benzene rings is 1. The van der Waals surface area contributed by atoms with Crippen LogP contribution in [0.15, 0.2) is 30.5 Å². The first-order valence-electron chi connectivity index (χ1n) is 12.4. The number of hydrogen-bond donors (Lipinski definition) is 6. The summed E-state index contributed by atoms with van der Waals surface area (Å²) in [5, 5.41) is 40.3. The molecule has 11 heteroatoms. The van der Waals surface area contributed by atoms with E-state index in [1.165, 1.54) is 30.4 Å². The van der Waals surface area contributed by atoms with Crippen LogP contribution < -0.4 is 15.4 Å². The number of aliphatic carboxylic acids is 2. The summed E-state index contributed by atoms with van der Waals surface area (Å²) in [5.74, 6) is -2.80. The summed E-state index contributed by atoms with van der Waals surface area (Å²) in [6, 6.07) is 8.25. The van der Waals surface area contributed by atoms with E-state index in [4.69, 9.17) is 36.8 Å². The predicted octanol–water partition coefficient (Wildman–Crippen LogP) is 2.62. The van der Waals surface area contributed by atoms with E-state index >= 15 is 0 Å². The Morgan fingerprint density at radius 3 is 2.32 bits per heavy atom. The molecule has 10 nitrogen and oxygen atoms in total. The number of carboxylic acid groups (broad SMARTS) is 2. The predicted molar refractivity (Wildman–Crippen MR) is 138 cm³/mol. The number of fused-ring (bicyclic) bond motifs is 1. The summed E-state index contributed by atoms with van der Waals surface area (Å²) in [6.07, 6.45) is 5.93. The molecule has 202 valence electrons. The van der Waals surface area contributed by atoms with Gasteiger partial charge in [0.25, 0.3) is 0 Å². The molecule has 0 radical (unpaired) electrons. The third-order valence-electron chi connectivity index (χ3n) is 6.39. The highest BCUT2D eigenvalue weighted by Gasteiger charge is 2.29. The van der Waals surface area contributed by atoms with Crippen molar-refractivity contribution in [2.45, 2.75) is 69.8 Å². The second-order valence-electron chi connectivity index (χ2n) is 9.11. The number of hydrogen-bond acceptors (Lipinski definition) is 8. The molecule has 0 bridgehead atoms. The highest BCUT2D eigenvalue weighted by atomic mass is 35.5. The average molecular weight is 536 g/mol. The standard InChI is InChI=1S/C22H28ClN3O.C4H6O6/c23-20-8-7-17-10-12-24-13-11-19(17)22(20)26-15-16-6-9-21(25-14-16)27-18-4-2-1-3-5-18;5-1(3(7)8)2(6)4(9)10/h6-9,14,18,24,26H,1-5,10-13,15H2;1-2,5-6H,(H,7,8)(H,9,10). The lowest BCUT2D eigenvalue weighted by Gasteiger charge is -2.22. The Labute approximate surface area is 220 Å². The van der Waals surface area contributed by atoms with E-state index in [1.54, 1.807) is 0 Å². The second kappa shape index (κ2) is 14.1. The monoisotopic (exact) mass is 535 g/mol. The molecule has 2 atom stereocenters. The first-order valence-corrected chi connectivity index (χ1v) is 12.8. The summed E-state index contributed by atoms with van der Waals surface area (Å²) < 4.78 is 6.02. The number of nitrogens with zero attached hydrogens (tertiary/aromatic N) is 1. The molecule has 2 aromatic rings. The Morgan fingerprint density at radius 2 is 1.70 bits per heavy atom. The van der Waals surface area contributed by atoms with Crippen molar-refractivity contribution in [2.75, 3.05) is 18.4 Å². The molecule has 2 heterocycles. The van der Waals surface area contributed by atoms with Crippen LogP contribution in [0.5, 0.6) is 5.88 Å². The van der Waals surface area contributed by atoms with E-state index in [-0.39, 0.29) is 0 Å². The highest BCUT2D eigenvalue weighted by Crippen LogP contribution is 2.31. The fourth-order valence-electron chi connectivity index (χ4n) is 4.33. The van der Waals surface area contributed by atoms with Crippen molar-refractivity contribution in [3.05, 3.63) is 52.2 Å². The number of aromatic nitrogens is 1. The molecule has 37 heavy (non-hydrogen) atoms. The molecule has 2 aliphatic rings. The van der Waals surface area contributed by atoms with Crippen LogP contribution >= 0.6 is 11.6 Å². The lowest BCUT2D eigenvalue weighted by Crippen LogP contribution is -2.39. The largest absolute Gasteiger partial charge is 0.479 e. The van der Waals surface area contributed by atoms with Crippen molar-refractivity contribution >= 4 is 29.2 Å². The van der Waals surface area contributed by atoms with Gasteiger partial charge in [0, 0.05) is 18.8 Å². The zero-order valence-corrected chi connectivity index (χ0v) is 21.3. The van der Waals surface area contributed by atoms with Crippen molar-refractivity contribution in [1.82, 2.24) is 10.3 Å². The number of nitrogens with one attached hydrogen (secondary N) is 2. The molecular weight excluding hydrogens is 502 g/mol. The van der Waals surface area contributed by atoms with E-state index in [9.17, 15) is 9.59 Å². The molecule has 1 fully saturated rings. The van der Waals surface area contributed by atoms with Gasteiger partial charge in [-0.25, -0.2) is 14.6 Å². The summed E-state index contributed by atoms with van der Waals surface area (Å²) in [6.45, 7) is 2.73. The van der Waals surface area contributed by atoms with Gasteiger partial charge in [0.15, 0.2) is 12.2 Å². The molecule has 2 unspecified atom stereocenters. The van der Waals surface area contributed by atoms with Gasteiger partial charge in [-0.1, -0.05) is 30.2 Å². The topological polar surface area (TPSA) is 161 Å². The maximum atomic E-state index is 9.77. The lowest BCUT2D eigenvalue weighted by molar-refractivity contribution is -0.165. The first-order chi connectivity index (χ1) is 17.8. The molecule has 0 spiro atoms. The number of pyridine rings is 1. The fraction of sp³-hybridized carbons (Fsp3) is 0.500. The van der Waals surface area contributed by atoms with E-state index in [1.807, 2.05) is 18.3 Å². The number of carbonyl (C=O) groups is 2. The minimum atomic E-state index is -2.27. The Kier molecular flexibility index (Phi) is 10.9. The molecule has 1 aliphatic heterocycles. The van der Waals surface area contributed by atoms with Crippen molar-refractivity contribution in [1.29, 1.82) is 0 Å². The normalized spacial score (nSPS) is 17.3. The quantitative estimate of drug-likeness (QED) is 0.296. The average Bonchev–Trinajstić information content (AvgIpc) is 3.15. The molecule has 1 aliphatic carbocycles. The number of ether oxygens (including phenoxy) is 1. The van der Waals surface area contributed by atoms with Gasteiger partial charge in [-0.15, -0.1) is 0 Å². The number of halogens is 1. The number of aliphatic hydroxyl groups excluding tert-OH is 2. The molecular formula is C26H34ClN3O7. The maximum Gasteiger partial charge on any atom is 0.335 e. The first kappa shape index (κ1) is 28.6. The van der Waals surface area contributed by atoms with E-state index < -0.39 is 24.1 Å². The fourth-order valence-corrected chi connectivity index (χ4v) is 4.58. The Balaban J connectivity index is 0.000000325. The number of carboxylic acids is 2. The van der Waals surface area contributed by atoms with Crippen molar-refractivity contribution in [3.8, 4) is 5.88 Å². The van der Waals surface area contributed by atoms with Gasteiger partial charge in [0.2, 0.25) is 5.88 Å². The third-order valence-corrected chi connectivity index (χ3v) is 6.71. The van der Waals surface area contributed by atoms with E-state index in [0.717, 1.165) is 60.9 Å². The van der Waals surface area contributed by atoms with Crippen LogP contribution in [-0.4, -0.2) is 68.8 Å². The van der Waals surface area contributed by atoms with Crippen LogP contribution in [0.1, 0.15) is 48.8 Å². The minimum absolute atomic E-state index is 0.336. The zero-order chi connectivity index (χ0) is 26.8. The highest BCUT2D eigenvalue weighted by molar-refractivity contribution is 6.33.